The third kappa shape index (κ3) is 3.47. The van der Waals surface area contributed by atoms with Crippen LogP contribution in [0.3, 0.4) is 0 Å². The zero-order valence-corrected chi connectivity index (χ0v) is 16.4. The lowest BCUT2D eigenvalue weighted by atomic mass is 9.72. The number of aliphatic hydroxyl groups is 1. The van der Waals surface area contributed by atoms with E-state index in [2.05, 4.69) is 77.7 Å². The van der Waals surface area contributed by atoms with Crippen LogP contribution in [-0.2, 0) is 13.0 Å². The van der Waals surface area contributed by atoms with E-state index in [9.17, 15) is 5.11 Å². The van der Waals surface area contributed by atoms with E-state index in [-0.39, 0.29) is 0 Å². The van der Waals surface area contributed by atoms with E-state index in [0.717, 1.165) is 25.8 Å². The number of rotatable bonds is 4. The molecule has 2 aliphatic rings. The van der Waals surface area contributed by atoms with E-state index < -0.39 is 5.60 Å². The first-order chi connectivity index (χ1) is 13.7. The third-order valence-electron chi connectivity index (χ3n) is 6.85. The summed E-state index contributed by atoms with van der Waals surface area (Å²) in [5, 5.41) is 14.2. The molecule has 28 heavy (non-hydrogen) atoms. The summed E-state index contributed by atoms with van der Waals surface area (Å²) in [5.74, 6) is 0. The molecule has 0 aliphatic carbocycles. The Morgan fingerprint density at radius 2 is 1.50 bits per heavy atom. The lowest BCUT2D eigenvalue weighted by Gasteiger charge is -2.52. The van der Waals surface area contributed by atoms with Crippen LogP contribution in [0.15, 0.2) is 72.8 Å². The minimum Gasteiger partial charge on any atom is -0.389 e. The number of hydrogen-bond donors (Lipinski definition) is 1. The molecule has 0 amide bonds. The molecule has 5 rings (SSSR count). The van der Waals surface area contributed by atoms with E-state index in [1.807, 2.05) is 0 Å². The predicted octanol–water partition coefficient (Wildman–Crippen LogP) is 5.33. The van der Waals surface area contributed by atoms with Gasteiger partial charge in [0.25, 0.3) is 0 Å². The Balaban J connectivity index is 1.38. The molecule has 2 saturated heterocycles. The number of benzene rings is 3. The fraction of sp³-hybridized carbons (Fsp3) is 0.385. The standard InChI is InChI=1S/C26H29NO/c28-26(16-22-12-6-11-21-10-4-5-15-25(21)22)17-23-13-7-14-24(18-26)27(23)19-20-8-2-1-3-9-20/h1-6,8-12,15,23-24,28H,7,13-14,16-19H2. The van der Waals surface area contributed by atoms with Gasteiger partial charge in [-0.25, -0.2) is 0 Å². The Kier molecular flexibility index (Phi) is 4.70. The lowest BCUT2D eigenvalue weighted by molar-refractivity contribution is -0.0945. The fourth-order valence-electron chi connectivity index (χ4n) is 5.62. The molecule has 0 aromatic heterocycles. The van der Waals surface area contributed by atoms with Crippen LogP contribution in [0.4, 0.5) is 0 Å². The summed E-state index contributed by atoms with van der Waals surface area (Å²) in [6, 6.07) is 26.8. The second kappa shape index (κ2) is 7.35. The van der Waals surface area contributed by atoms with Crippen LogP contribution in [0.25, 0.3) is 10.8 Å². The Hall–Kier alpha value is -2.16. The second-order valence-electron chi connectivity index (χ2n) is 8.84. The zero-order chi connectivity index (χ0) is 19.0. The van der Waals surface area contributed by atoms with Crippen molar-refractivity contribution in [3.05, 3.63) is 83.9 Å². The predicted molar refractivity (Wildman–Crippen MR) is 115 cm³/mol. The molecule has 0 saturated carbocycles. The van der Waals surface area contributed by atoms with Crippen molar-refractivity contribution in [1.29, 1.82) is 0 Å². The van der Waals surface area contributed by atoms with Gasteiger partial charge in [0.2, 0.25) is 0 Å². The highest BCUT2D eigenvalue weighted by Crippen LogP contribution is 2.42. The largest absolute Gasteiger partial charge is 0.389 e. The molecule has 2 heteroatoms. The molecule has 0 radical (unpaired) electrons. The molecular formula is C26H29NO. The van der Waals surface area contributed by atoms with Gasteiger partial charge in [0, 0.05) is 25.0 Å². The molecule has 2 atom stereocenters. The smallest absolute Gasteiger partial charge is 0.0718 e. The Bertz CT molecular complexity index is 932. The van der Waals surface area contributed by atoms with Gasteiger partial charge in [-0.3, -0.25) is 4.90 Å². The van der Waals surface area contributed by atoms with Crippen molar-refractivity contribution in [2.45, 2.75) is 62.8 Å². The lowest BCUT2D eigenvalue weighted by Crippen LogP contribution is -2.58. The summed E-state index contributed by atoms with van der Waals surface area (Å²) >= 11 is 0. The van der Waals surface area contributed by atoms with Crippen LogP contribution >= 0.6 is 0 Å². The highest BCUT2D eigenvalue weighted by molar-refractivity contribution is 5.85. The summed E-state index contributed by atoms with van der Waals surface area (Å²) in [4.78, 5) is 2.68. The molecule has 3 aromatic carbocycles. The van der Waals surface area contributed by atoms with Gasteiger partial charge in [-0.05, 0) is 47.6 Å². The topological polar surface area (TPSA) is 23.5 Å². The highest BCUT2D eigenvalue weighted by atomic mass is 16.3. The summed E-state index contributed by atoms with van der Waals surface area (Å²) in [7, 11) is 0. The quantitative estimate of drug-likeness (QED) is 0.670. The molecule has 2 nitrogen and oxygen atoms in total. The molecule has 2 fully saturated rings. The maximum Gasteiger partial charge on any atom is 0.0718 e. The minimum atomic E-state index is -0.590. The molecule has 2 unspecified atom stereocenters. The van der Waals surface area contributed by atoms with Gasteiger partial charge in [-0.15, -0.1) is 0 Å². The first-order valence-electron chi connectivity index (χ1n) is 10.7. The van der Waals surface area contributed by atoms with Crippen LogP contribution in [-0.4, -0.2) is 27.7 Å². The molecule has 144 valence electrons. The maximum atomic E-state index is 11.6. The summed E-state index contributed by atoms with van der Waals surface area (Å²) in [6.07, 6.45) is 6.26. The Labute approximate surface area is 167 Å². The molecule has 2 bridgehead atoms. The maximum absolute atomic E-state index is 11.6. The van der Waals surface area contributed by atoms with Gasteiger partial charge in [0.05, 0.1) is 5.60 Å². The SMILES string of the molecule is OC1(Cc2cccc3ccccc23)CC2CCCC(C1)N2Cc1ccccc1. The van der Waals surface area contributed by atoms with Crippen molar-refractivity contribution in [2.75, 3.05) is 0 Å². The van der Waals surface area contributed by atoms with Crippen molar-refractivity contribution >= 4 is 10.8 Å². The van der Waals surface area contributed by atoms with Crippen LogP contribution in [0.1, 0.15) is 43.2 Å². The van der Waals surface area contributed by atoms with E-state index in [4.69, 9.17) is 0 Å². The van der Waals surface area contributed by atoms with Crippen molar-refractivity contribution < 1.29 is 5.11 Å². The number of nitrogens with zero attached hydrogens (tertiary/aromatic N) is 1. The number of piperidine rings is 2. The Morgan fingerprint density at radius 3 is 2.29 bits per heavy atom. The molecule has 1 N–H and O–H groups in total. The molecule has 2 heterocycles. The number of hydrogen-bond acceptors (Lipinski definition) is 2. The van der Waals surface area contributed by atoms with Crippen LogP contribution in [0, 0.1) is 0 Å². The van der Waals surface area contributed by atoms with Crippen molar-refractivity contribution in [2.24, 2.45) is 0 Å². The molecule has 0 spiro atoms. The van der Waals surface area contributed by atoms with Crippen molar-refractivity contribution in [1.82, 2.24) is 4.90 Å². The monoisotopic (exact) mass is 371 g/mol. The highest BCUT2D eigenvalue weighted by Gasteiger charge is 2.45. The van der Waals surface area contributed by atoms with E-state index in [0.29, 0.717) is 12.1 Å². The van der Waals surface area contributed by atoms with Gasteiger partial charge in [0.15, 0.2) is 0 Å². The second-order valence-corrected chi connectivity index (χ2v) is 8.84. The van der Waals surface area contributed by atoms with Crippen LogP contribution < -0.4 is 0 Å². The first-order valence-corrected chi connectivity index (χ1v) is 10.7. The van der Waals surface area contributed by atoms with E-state index in [1.54, 1.807) is 0 Å². The summed E-state index contributed by atoms with van der Waals surface area (Å²) < 4.78 is 0. The normalized spacial score (nSPS) is 27.8. The summed E-state index contributed by atoms with van der Waals surface area (Å²) in [6.45, 7) is 1.01. The Morgan fingerprint density at radius 1 is 0.821 bits per heavy atom. The van der Waals surface area contributed by atoms with Gasteiger partial charge in [-0.1, -0.05) is 79.2 Å². The zero-order valence-electron chi connectivity index (χ0n) is 16.4. The average molecular weight is 372 g/mol. The summed E-state index contributed by atoms with van der Waals surface area (Å²) in [5.41, 5.74) is 2.08. The van der Waals surface area contributed by atoms with Crippen LogP contribution in [0.2, 0.25) is 0 Å². The van der Waals surface area contributed by atoms with E-state index >= 15 is 0 Å². The third-order valence-corrected chi connectivity index (χ3v) is 6.85. The van der Waals surface area contributed by atoms with Gasteiger partial charge >= 0.3 is 0 Å². The van der Waals surface area contributed by atoms with E-state index in [1.165, 1.54) is 41.2 Å². The molecular weight excluding hydrogens is 342 g/mol. The first kappa shape index (κ1) is 17.9. The van der Waals surface area contributed by atoms with Gasteiger partial charge in [-0.2, -0.15) is 0 Å². The number of fused-ring (bicyclic) bond motifs is 3. The van der Waals surface area contributed by atoms with Crippen molar-refractivity contribution in [3.8, 4) is 0 Å². The molecule has 2 aliphatic heterocycles. The van der Waals surface area contributed by atoms with Gasteiger partial charge < -0.3 is 5.11 Å². The fourth-order valence-corrected chi connectivity index (χ4v) is 5.62. The molecule has 3 aromatic rings. The van der Waals surface area contributed by atoms with Gasteiger partial charge in [0.1, 0.15) is 0 Å². The average Bonchev–Trinajstić information content (AvgIpc) is 2.70. The minimum absolute atomic E-state index is 0.493. The van der Waals surface area contributed by atoms with Crippen LogP contribution in [0.5, 0.6) is 0 Å². The van der Waals surface area contributed by atoms with Crippen molar-refractivity contribution in [3.63, 3.8) is 0 Å².